The fourth-order valence-corrected chi connectivity index (χ4v) is 3.37. The lowest BCUT2D eigenvalue weighted by molar-refractivity contribution is -0.0625. The number of rotatable bonds is 3. The summed E-state index contributed by atoms with van der Waals surface area (Å²) < 4.78 is 6.03. The third kappa shape index (κ3) is 1.76. The fourth-order valence-electron chi connectivity index (χ4n) is 3.37. The summed E-state index contributed by atoms with van der Waals surface area (Å²) in [4.78, 5) is 3.59. The van der Waals surface area contributed by atoms with Gasteiger partial charge in [-0.05, 0) is 30.4 Å². The average molecular weight is 268 g/mol. The highest BCUT2D eigenvalue weighted by molar-refractivity contribution is 5.88. The van der Waals surface area contributed by atoms with Gasteiger partial charge in [0.2, 0.25) is 0 Å². The first-order valence-corrected chi connectivity index (χ1v) is 7.39. The van der Waals surface area contributed by atoms with Crippen molar-refractivity contribution in [2.45, 2.75) is 45.1 Å². The summed E-state index contributed by atoms with van der Waals surface area (Å²) in [5.74, 6) is 0. The summed E-state index contributed by atoms with van der Waals surface area (Å²) in [6, 6.07) is 8.78. The van der Waals surface area contributed by atoms with Crippen molar-refractivity contribution < 1.29 is 4.74 Å². The Morgan fingerprint density at radius 3 is 2.95 bits per heavy atom. The molecule has 1 aromatic carbocycles. The molecule has 1 atom stereocenters. The Balaban J connectivity index is 2.27. The van der Waals surface area contributed by atoms with E-state index in [0.29, 0.717) is 13.0 Å². The molecule has 0 saturated heterocycles. The second-order valence-electron chi connectivity index (χ2n) is 5.45. The lowest BCUT2D eigenvalue weighted by atomic mass is 9.86. The van der Waals surface area contributed by atoms with E-state index in [1.54, 1.807) is 0 Å². The van der Waals surface area contributed by atoms with Crippen LogP contribution in [0.1, 0.15) is 43.5 Å². The zero-order valence-corrected chi connectivity index (χ0v) is 12.1. The molecular formula is C17H20N2O. The topological polar surface area (TPSA) is 48.8 Å². The standard InChI is InChI=1S/C17H20N2O/c1-3-12-6-5-7-13-14-8-11-20-17(4-2,9-10-18)16(14)19-15(12)13/h5-7,19H,3-4,8-9,11H2,1-2H3. The van der Waals surface area contributed by atoms with E-state index in [2.05, 4.69) is 43.1 Å². The van der Waals surface area contributed by atoms with Crippen molar-refractivity contribution in [3.05, 3.63) is 35.0 Å². The molecule has 0 aliphatic carbocycles. The van der Waals surface area contributed by atoms with Crippen LogP contribution in [0.25, 0.3) is 10.9 Å². The Morgan fingerprint density at radius 2 is 2.25 bits per heavy atom. The zero-order valence-electron chi connectivity index (χ0n) is 12.1. The molecule has 0 radical (unpaired) electrons. The Bertz CT molecular complexity index is 680. The van der Waals surface area contributed by atoms with E-state index in [1.807, 2.05) is 0 Å². The van der Waals surface area contributed by atoms with Crippen LogP contribution in [0, 0.1) is 11.3 Å². The summed E-state index contributed by atoms with van der Waals surface area (Å²) in [5.41, 5.74) is 4.58. The third-order valence-corrected chi connectivity index (χ3v) is 4.53. The molecule has 1 aliphatic heterocycles. The first-order chi connectivity index (χ1) is 9.75. The van der Waals surface area contributed by atoms with E-state index in [0.717, 1.165) is 25.0 Å². The van der Waals surface area contributed by atoms with Crippen LogP contribution in [0.5, 0.6) is 0 Å². The van der Waals surface area contributed by atoms with Gasteiger partial charge in [-0.3, -0.25) is 0 Å². The van der Waals surface area contributed by atoms with Crippen molar-refractivity contribution in [2.75, 3.05) is 6.61 Å². The van der Waals surface area contributed by atoms with E-state index in [4.69, 9.17) is 4.74 Å². The quantitative estimate of drug-likeness (QED) is 0.919. The van der Waals surface area contributed by atoms with Gasteiger partial charge in [-0.25, -0.2) is 0 Å². The van der Waals surface area contributed by atoms with Crippen LogP contribution in [0.15, 0.2) is 18.2 Å². The second-order valence-corrected chi connectivity index (χ2v) is 5.45. The average Bonchev–Trinajstić information content (AvgIpc) is 2.87. The molecule has 3 nitrogen and oxygen atoms in total. The van der Waals surface area contributed by atoms with Gasteiger partial charge >= 0.3 is 0 Å². The highest BCUT2D eigenvalue weighted by Crippen LogP contribution is 2.41. The summed E-state index contributed by atoms with van der Waals surface area (Å²) in [6.07, 6.45) is 3.16. The first kappa shape index (κ1) is 13.2. The number of aromatic nitrogens is 1. The number of aromatic amines is 1. The van der Waals surface area contributed by atoms with Crippen molar-refractivity contribution >= 4 is 10.9 Å². The number of H-pyrrole nitrogens is 1. The van der Waals surface area contributed by atoms with E-state index in [1.165, 1.54) is 22.0 Å². The molecule has 1 N–H and O–H groups in total. The molecule has 0 bridgehead atoms. The molecule has 2 aromatic rings. The van der Waals surface area contributed by atoms with Crippen molar-refractivity contribution in [2.24, 2.45) is 0 Å². The molecule has 20 heavy (non-hydrogen) atoms. The van der Waals surface area contributed by atoms with Crippen LogP contribution in [-0.4, -0.2) is 11.6 Å². The maximum atomic E-state index is 9.17. The van der Waals surface area contributed by atoms with Gasteiger partial charge in [0.05, 0.1) is 24.8 Å². The predicted molar refractivity (Wildman–Crippen MR) is 79.5 cm³/mol. The number of nitrogens with zero attached hydrogens (tertiary/aromatic N) is 1. The van der Waals surface area contributed by atoms with Gasteiger partial charge in [-0.15, -0.1) is 0 Å². The molecule has 1 unspecified atom stereocenters. The first-order valence-electron chi connectivity index (χ1n) is 7.39. The van der Waals surface area contributed by atoms with Crippen LogP contribution < -0.4 is 0 Å². The van der Waals surface area contributed by atoms with Gasteiger partial charge in [-0.1, -0.05) is 32.0 Å². The van der Waals surface area contributed by atoms with Gasteiger partial charge < -0.3 is 9.72 Å². The summed E-state index contributed by atoms with van der Waals surface area (Å²) in [5, 5.41) is 10.5. The monoisotopic (exact) mass is 268 g/mol. The largest absolute Gasteiger partial charge is 0.367 e. The van der Waals surface area contributed by atoms with Crippen molar-refractivity contribution in [1.82, 2.24) is 4.98 Å². The lowest BCUT2D eigenvalue weighted by Crippen LogP contribution is -2.34. The van der Waals surface area contributed by atoms with E-state index < -0.39 is 5.60 Å². The summed E-state index contributed by atoms with van der Waals surface area (Å²) in [6.45, 7) is 4.97. The minimum Gasteiger partial charge on any atom is -0.367 e. The number of para-hydroxylation sites is 1. The molecule has 1 aromatic heterocycles. The fraction of sp³-hybridized carbons (Fsp3) is 0.471. The minimum absolute atomic E-state index is 0.408. The molecule has 0 amide bonds. The molecule has 3 rings (SSSR count). The van der Waals surface area contributed by atoms with Gasteiger partial charge in [0.25, 0.3) is 0 Å². The van der Waals surface area contributed by atoms with Gasteiger partial charge in [-0.2, -0.15) is 5.26 Å². The van der Waals surface area contributed by atoms with Crippen LogP contribution in [-0.2, 0) is 23.2 Å². The normalized spacial score (nSPS) is 21.6. The number of ether oxygens (including phenoxy) is 1. The summed E-state index contributed by atoms with van der Waals surface area (Å²) in [7, 11) is 0. The SMILES string of the molecule is CCc1cccc2c3c([nH]c12)C(CC)(CC#N)OCC3. The maximum absolute atomic E-state index is 9.17. The number of hydrogen-bond donors (Lipinski definition) is 1. The van der Waals surface area contributed by atoms with Crippen LogP contribution in [0.4, 0.5) is 0 Å². The van der Waals surface area contributed by atoms with Crippen molar-refractivity contribution in [1.29, 1.82) is 5.26 Å². The molecule has 0 saturated carbocycles. The van der Waals surface area contributed by atoms with Gasteiger partial charge in [0.1, 0.15) is 5.60 Å². The zero-order chi connectivity index (χ0) is 14.2. The molecule has 2 heterocycles. The molecule has 3 heteroatoms. The van der Waals surface area contributed by atoms with Crippen molar-refractivity contribution in [3.63, 3.8) is 0 Å². The number of hydrogen-bond acceptors (Lipinski definition) is 2. The van der Waals surface area contributed by atoms with E-state index >= 15 is 0 Å². The smallest absolute Gasteiger partial charge is 0.121 e. The van der Waals surface area contributed by atoms with Gasteiger partial charge in [0.15, 0.2) is 0 Å². The van der Waals surface area contributed by atoms with Crippen LogP contribution in [0.2, 0.25) is 0 Å². The molecule has 1 aliphatic rings. The maximum Gasteiger partial charge on any atom is 0.121 e. The number of nitriles is 1. The highest BCUT2D eigenvalue weighted by atomic mass is 16.5. The second kappa shape index (κ2) is 4.96. The Morgan fingerprint density at radius 1 is 1.40 bits per heavy atom. The predicted octanol–water partition coefficient (Wildman–Crippen LogP) is 3.82. The number of benzene rings is 1. The summed E-state index contributed by atoms with van der Waals surface area (Å²) >= 11 is 0. The lowest BCUT2D eigenvalue weighted by Gasteiger charge is -2.34. The Kier molecular flexibility index (Phi) is 3.27. The van der Waals surface area contributed by atoms with Crippen LogP contribution in [0.3, 0.4) is 0 Å². The minimum atomic E-state index is -0.452. The Labute approximate surface area is 119 Å². The highest BCUT2D eigenvalue weighted by Gasteiger charge is 2.38. The number of fused-ring (bicyclic) bond motifs is 3. The molecular weight excluding hydrogens is 248 g/mol. The van der Waals surface area contributed by atoms with Crippen LogP contribution >= 0.6 is 0 Å². The number of nitrogens with one attached hydrogen (secondary N) is 1. The number of aryl methyl sites for hydroxylation is 1. The molecule has 104 valence electrons. The van der Waals surface area contributed by atoms with Crippen molar-refractivity contribution in [3.8, 4) is 6.07 Å². The van der Waals surface area contributed by atoms with Gasteiger partial charge in [0, 0.05) is 10.9 Å². The van der Waals surface area contributed by atoms with E-state index in [9.17, 15) is 5.26 Å². The molecule has 0 spiro atoms. The third-order valence-electron chi connectivity index (χ3n) is 4.53. The molecule has 0 fully saturated rings. The Hall–Kier alpha value is -1.79. The van der Waals surface area contributed by atoms with E-state index in [-0.39, 0.29) is 0 Å².